The Morgan fingerprint density at radius 3 is 2.43 bits per heavy atom. The molecular formula is C17H26N4. The van der Waals surface area contributed by atoms with E-state index in [4.69, 9.17) is 5.73 Å². The minimum absolute atomic E-state index is 0.147. The lowest BCUT2D eigenvalue weighted by atomic mass is 9.71. The normalized spacial score (nSPS) is 35.0. The summed E-state index contributed by atoms with van der Waals surface area (Å²) in [4.78, 5) is 7.64. The summed E-state index contributed by atoms with van der Waals surface area (Å²) in [5.41, 5.74) is 9.25. The number of anilines is 2. The van der Waals surface area contributed by atoms with Crippen molar-refractivity contribution in [2.45, 2.75) is 18.4 Å². The number of nitrogens with two attached hydrogens (primary N) is 1. The Bertz CT molecular complexity index is 523. The molecule has 0 amide bonds. The van der Waals surface area contributed by atoms with Crippen LogP contribution in [0.15, 0.2) is 24.3 Å². The lowest BCUT2D eigenvalue weighted by Gasteiger charge is -2.60. The summed E-state index contributed by atoms with van der Waals surface area (Å²) in [5, 5.41) is 0. The van der Waals surface area contributed by atoms with Crippen molar-refractivity contribution in [3.8, 4) is 0 Å². The van der Waals surface area contributed by atoms with Gasteiger partial charge in [-0.1, -0.05) is 12.1 Å². The first-order valence-corrected chi connectivity index (χ1v) is 8.25. The molecule has 4 nitrogen and oxygen atoms in total. The first-order valence-electron chi connectivity index (χ1n) is 8.25. The van der Waals surface area contributed by atoms with Gasteiger partial charge < -0.3 is 20.4 Å². The summed E-state index contributed by atoms with van der Waals surface area (Å²) in [5.74, 6) is 0.754. The standard InChI is InChI=1S/C17H26N4/c1-19-10-11-21(16-5-3-2-4-15(16)19)17(12-18)13-20-8-6-14(17)7-9-20/h2-5,14H,6-13,18H2,1H3. The highest BCUT2D eigenvalue weighted by Crippen LogP contribution is 2.44. The summed E-state index contributed by atoms with van der Waals surface area (Å²) in [6.45, 7) is 6.63. The number of rotatable bonds is 2. The van der Waals surface area contributed by atoms with Crippen LogP contribution in [0.5, 0.6) is 0 Å². The third-order valence-electron chi connectivity index (χ3n) is 5.98. The van der Waals surface area contributed by atoms with Crippen LogP contribution in [0.25, 0.3) is 0 Å². The van der Waals surface area contributed by atoms with E-state index < -0.39 is 0 Å². The zero-order valence-electron chi connectivity index (χ0n) is 13.0. The first-order chi connectivity index (χ1) is 10.2. The molecule has 4 aliphatic rings. The Kier molecular flexibility index (Phi) is 3.12. The summed E-state index contributed by atoms with van der Waals surface area (Å²) < 4.78 is 0. The van der Waals surface area contributed by atoms with Gasteiger partial charge in [0, 0.05) is 33.2 Å². The van der Waals surface area contributed by atoms with Crippen molar-refractivity contribution in [2.24, 2.45) is 11.7 Å². The molecule has 1 unspecified atom stereocenters. The molecule has 4 heterocycles. The SMILES string of the molecule is CN1CCN(C2(CN)CN3CCC2CC3)c2ccccc21. The second kappa shape index (κ2) is 4.89. The van der Waals surface area contributed by atoms with Crippen LogP contribution in [0, 0.1) is 5.92 Å². The first kappa shape index (κ1) is 13.4. The molecule has 1 aromatic rings. The Balaban J connectivity index is 1.77. The molecule has 114 valence electrons. The summed E-state index contributed by atoms with van der Waals surface area (Å²) >= 11 is 0. The van der Waals surface area contributed by atoms with Gasteiger partial charge in [-0.15, -0.1) is 0 Å². The number of nitrogens with zero attached hydrogens (tertiary/aromatic N) is 3. The van der Waals surface area contributed by atoms with E-state index in [9.17, 15) is 0 Å². The van der Waals surface area contributed by atoms with Crippen molar-refractivity contribution in [3.05, 3.63) is 24.3 Å². The molecule has 0 aromatic heterocycles. The van der Waals surface area contributed by atoms with Crippen molar-refractivity contribution in [1.29, 1.82) is 0 Å². The third-order valence-corrected chi connectivity index (χ3v) is 5.98. The highest BCUT2D eigenvalue weighted by Gasteiger charge is 2.50. The van der Waals surface area contributed by atoms with Crippen LogP contribution < -0.4 is 15.5 Å². The van der Waals surface area contributed by atoms with Crippen molar-refractivity contribution in [1.82, 2.24) is 4.90 Å². The van der Waals surface area contributed by atoms with E-state index in [1.165, 1.54) is 37.3 Å². The van der Waals surface area contributed by atoms with Crippen molar-refractivity contribution >= 4 is 11.4 Å². The van der Waals surface area contributed by atoms with Crippen LogP contribution in [0.4, 0.5) is 11.4 Å². The van der Waals surface area contributed by atoms with Crippen LogP contribution in [-0.2, 0) is 0 Å². The van der Waals surface area contributed by atoms with Gasteiger partial charge >= 0.3 is 0 Å². The molecule has 2 N–H and O–H groups in total. The van der Waals surface area contributed by atoms with Crippen LogP contribution in [0.3, 0.4) is 0 Å². The molecule has 0 spiro atoms. The van der Waals surface area contributed by atoms with Gasteiger partial charge in [0.15, 0.2) is 0 Å². The topological polar surface area (TPSA) is 35.7 Å². The average molecular weight is 286 g/mol. The molecule has 2 bridgehead atoms. The van der Waals surface area contributed by atoms with E-state index >= 15 is 0 Å². The highest BCUT2D eigenvalue weighted by molar-refractivity contribution is 5.74. The summed E-state index contributed by atoms with van der Waals surface area (Å²) in [6.07, 6.45) is 2.62. The Morgan fingerprint density at radius 1 is 1.10 bits per heavy atom. The second-order valence-electron chi connectivity index (χ2n) is 6.92. The lowest BCUT2D eigenvalue weighted by Crippen LogP contribution is -2.71. The number of benzene rings is 1. The number of hydrogen-bond acceptors (Lipinski definition) is 4. The van der Waals surface area contributed by atoms with Crippen molar-refractivity contribution in [2.75, 3.05) is 56.1 Å². The highest BCUT2D eigenvalue weighted by atomic mass is 15.3. The van der Waals surface area contributed by atoms with E-state index in [1.54, 1.807) is 0 Å². The third kappa shape index (κ3) is 1.89. The monoisotopic (exact) mass is 286 g/mol. The van der Waals surface area contributed by atoms with Gasteiger partial charge in [0.2, 0.25) is 0 Å². The fourth-order valence-corrected chi connectivity index (χ4v) is 4.76. The van der Waals surface area contributed by atoms with Crippen LogP contribution in [0.1, 0.15) is 12.8 Å². The fraction of sp³-hybridized carbons (Fsp3) is 0.647. The number of likely N-dealkylation sites (N-methyl/N-ethyl adjacent to an activating group) is 1. The van der Waals surface area contributed by atoms with E-state index in [1.807, 2.05) is 0 Å². The Hall–Kier alpha value is -1.26. The molecule has 4 aliphatic heterocycles. The van der Waals surface area contributed by atoms with E-state index in [-0.39, 0.29) is 5.54 Å². The molecule has 1 aromatic carbocycles. The van der Waals surface area contributed by atoms with Gasteiger partial charge in [-0.25, -0.2) is 0 Å². The average Bonchev–Trinajstić information content (AvgIpc) is 2.56. The fourth-order valence-electron chi connectivity index (χ4n) is 4.76. The zero-order valence-corrected chi connectivity index (χ0v) is 13.0. The maximum atomic E-state index is 6.37. The number of fused-ring (bicyclic) bond motifs is 4. The molecule has 3 fully saturated rings. The molecule has 21 heavy (non-hydrogen) atoms. The van der Waals surface area contributed by atoms with Crippen LogP contribution in [0.2, 0.25) is 0 Å². The smallest absolute Gasteiger partial charge is 0.0681 e. The minimum Gasteiger partial charge on any atom is -0.371 e. The molecule has 0 saturated carbocycles. The Morgan fingerprint density at radius 2 is 1.81 bits per heavy atom. The predicted molar refractivity (Wildman–Crippen MR) is 88.0 cm³/mol. The predicted octanol–water partition coefficient (Wildman–Crippen LogP) is 1.37. The maximum absolute atomic E-state index is 6.37. The lowest BCUT2D eigenvalue weighted by molar-refractivity contribution is 0.0279. The zero-order chi connectivity index (χ0) is 14.4. The molecule has 5 rings (SSSR count). The van der Waals surface area contributed by atoms with E-state index in [0.717, 1.165) is 32.1 Å². The van der Waals surface area contributed by atoms with E-state index in [0.29, 0.717) is 0 Å². The second-order valence-corrected chi connectivity index (χ2v) is 6.92. The van der Waals surface area contributed by atoms with E-state index in [2.05, 4.69) is 46.0 Å². The van der Waals surface area contributed by atoms with Crippen molar-refractivity contribution in [3.63, 3.8) is 0 Å². The summed E-state index contributed by atoms with van der Waals surface area (Å²) in [6, 6.07) is 8.83. The van der Waals surface area contributed by atoms with Crippen LogP contribution >= 0.6 is 0 Å². The largest absolute Gasteiger partial charge is 0.371 e. The molecule has 3 saturated heterocycles. The molecule has 0 radical (unpaired) electrons. The van der Waals surface area contributed by atoms with Gasteiger partial charge in [0.25, 0.3) is 0 Å². The quantitative estimate of drug-likeness (QED) is 0.891. The molecule has 0 aliphatic carbocycles. The number of para-hydroxylation sites is 2. The molecule has 1 atom stereocenters. The van der Waals surface area contributed by atoms with Gasteiger partial charge in [-0.2, -0.15) is 0 Å². The van der Waals surface area contributed by atoms with Gasteiger partial charge in [-0.3, -0.25) is 0 Å². The maximum Gasteiger partial charge on any atom is 0.0681 e. The van der Waals surface area contributed by atoms with Crippen LogP contribution in [-0.4, -0.2) is 56.8 Å². The number of piperidine rings is 3. The number of hydrogen-bond donors (Lipinski definition) is 1. The van der Waals surface area contributed by atoms with Gasteiger partial charge in [-0.05, 0) is 44.0 Å². The summed E-state index contributed by atoms with van der Waals surface area (Å²) in [7, 11) is 2.20. The molecule has 4 heteroatoms. The van der Waals surface area contributed by atoms with Gasteiger partial charge in [0.1, 0.15) is 0 Å². The Labute approximate surface area is 127 Å². The molecular weight excluding hydrogens is 260 g/mol. The van der Waals surface area contributed by atoms with Gasteiger partial charge in [0.05, 0.1) is 16.9 Å². The minimum atomic E-state index is 0.147. The van der Waals surface area contributed by atoms with Crippen molar-refractivity contribution < 1.29 is 0 Å².